The first-order chi connectivity index (χ1) is 15.8. The van der Waals surface area contributed by atoms with Gasteiger partial charge in [0.1, 0.15) is 5.75 Å². The third-order valence-corrected chi connectivity index (χ3v) is 7.33. The monoisotopic (exact) mass is 460 g/mol. The summed E-state index contributed by atoms with van der Waals surface area (Å²) in [5, 5.41) is 12.7. The number of hydrogen-bond acceptors (Lipinski definition) is 4. The van der Waals surface area contributed by atoms with Crippen molar-refractivity contribution in [1.82, 2.24) is 9.88 Å². The Morgan fingerprint density at radius 3 is 2.67 bits per heavy atom. The van der Waals surface area contributed by atoms with Crippen LogP contribution in [0.1, 0.15) is 25.7 Å². The van der Waals surface area contributed by atoms with Crippen LogP contribution in [0.3, 0.4) is 0 Å². The Balaban J connectivity index is 1.11. The number of hydrogen-bond donors (Lipinski definition) is 2. The van der Waals surface area contributed by atoms with Crippen LogP contribution < -0.4 is 10.1 Å². The van der Waals surface area contributed by atoms with Crippen LogP contribution in [0.15, 0.2) is 24.4 Å². The number of carbonyl (C=O) groups excluding carboxylic acids is 1. The summed E-state index contributed by atoms with van der Waals surface area (Å²) >= 11 is 0. The lowest BCUT2D eigenvalue weighted by Crippen LogP contribution is -2.33. The molecule has 176 valence electrons. The molecular weight excluding hydrogens is 433 g/mol. The van der Waals surface area contributed by atoms with Crippen molar-refractivity contribution < 1.29 is 22.7 Å². The fraction of sp³-hybridized carbons (Fsp3) is 0.583. The fourth-order valence-corrected chi connectivity index (χ4v) is 5.63. The molecular formula is C24H27F3N4O2. The lowest BCUT2D eigenvalue weighted by atomic mass is 10.0. The number of aromatic amines is 1. The van der Waals surface area contributed by atoms with Crippen LogP contribution in [0.25, 0.3) is 10.9 Å². The molecule has 2 heterocycles. The Kier molecular flexibility index (Phi) is 5.73. The Hall–Kier alpha value is -2.73. The van der Waals surface area contributed by atoms with Crippen molar-refractivity contribution in [1.29, 1.82) is 5.26 Å². The van der Waals surface area contributed by atoms with Crippen molar-refractivity contribution in [3.63, 3.8) is 0 Å². The third-order valence-electron chi connectivity index (χ3n) is 7.33. The molecule has 2 N–H and O–H groups in total. The van der Waals surface area contributed by atoms with Crippen LogP contribution in [0, 0.1) is 40.9 Å². The SMILES string of the molecule is N#C[C@H]1C[C@@H]1C(=O)Nc1c[nH]c2ccc(OCC[C@@H]3C[C@@H]4CN(CC(F)(F)F)C[C@@H]4C3)cc12. The Morgan fingerprint density at radius 1 is 1.24 bits per heavy atom. The summed E-state index contributed by atoms with van der Waals surface area (Å²) < 4.78 is 43.9. The van der Waals surface area contributed by atoms with Gasteiger partial charge in [0.05, 0.1) is 36.7 Å². The zero-order chi connectivity index (χ0) is 23.2. The number of ether oxygens (including phenoxy) is 1. The average Bonchev–Trinajstić information content (AvgIpc) is 3.12. The molecule has 1 saturated heterocycles. The number of nitriles is 1. The minimum atomic E-state index is -4.12. The number of alkyl halides is 3. The molecule has 9 heteroatoms. The van der Waals surface area contributed by atoms with Gasteiger partial charge in [0.2, 0.25) is 5.91 Å². The number of carbonyl (C=O) groups is 1. The third kappa shape index (κ3) is 4.96. The normalized spacial score (nSPS) is 29.1. The molecule has 5 rings (SSSR count). The first kappa shape index (κ1) is 22.1. The number of benzene rings is 1. The minimum Gasteiger partial charge on any atom is -0.494 e. The number of rotatable bonds is 7. The number of likely N-dealkylation sites (tertiary alicyclic amines) is 1. The molecule has 6 nitrogen and oxygen atoms in total. The highest BCUT2D eigenvalue weighted by Crippen LogP contribution is 2.43. The van der Waals surface area contributed by atoms with E-state index in [4.69, 9.17) is 10.00 Å². The Morgan fingerprint density at radius 2 is 2.00 bits per heavy atom. The van der Waals surface area contributed by atoms with Gasteiger partial charge in [-0.3, -0.25) is 9.69 Å². The highest BCUT2D eigenvalue weighted by atomic mass is 19.4. The Labute approximate surface area is 190 Å². The predicted molar refractivity (Wildman–Crippen MR) is 116 cm³/mol. The molecule has 1 aromatic carbocycles. The van der Waals surface area contributed by atoms with Gasteiger partial charge in [-0.05, 0) is 61.6 Å². The predicted octanol–water partition coefficient (Wildman–Crippen LogP) is 4.56. The molecule has 3 fully saturated rings. The van der Waals surface area contributed by atoms with E-state index in [9.17, 15) is 18.0 Å². The van der Waals surface area contributed by atoms with Gasteiger partial charge in [0.15, 0.2) is 0 Å². The number of H-pyrrole nitrogens is 1. The minimum absolute atomic E-state index is 0.130. The first-order valence-electron chi connectivity index (χ1n) is 11.5. The smallest absolute Gasteiger partial charge is 0.401 e. The van der Waals surface area contributed by atoms with Gasteiger partial charge in [-0.25, -0.2) is 0 Å². The molecule has 1 aromatic heterocycles. The summed E-state index contributed by atoms with van der Waals surface area (Å²) in [6, 6.07) is 7.82. The van der Waals surface area contributed by atoms with Crippen molar-refractivity contribution in [2.45, 2.75) is 31.9 Å². The van der Waals surface area contributed by atoms with Crippen LogP contribution in [-0.2, 0) is 4.79 Å². The molecule has 2 saturated carbocycles. The Bertz CT molecular complexity index is 1060. The molecule has 2 aliphatic carbocycles. The molecule has 0 bridgehead atoms. The van der Waals surface area contributed by atoms with Gasteiger partial charge in [-0.2, -0.15) is 18.4 Å². The number of nitrogens with zero attached hydrogens (tertiary/aromatic N) is 2. The largest absolute Gasteiger partial charge is 0.494 e. The molecule has 33 heavy (non-hydrogen) atoms. The summed E-state index contributed by atoms with van der Waals surface area (Å²) in [6.07, 6.45) is 1.07. The van der Waals surface area contributed by atoms with Crippen molar-refractivity contribution in [3.8, 4) is 11.8 Å². The maximum atomic E-state index is 12.6. The first-order valence-corrected chi connectivity index (χ1v) is 11.5. The van der Waals surface area contributed by atoms with Crippen LogP contribution in [-0.4, -0.2) is 48.2 Å². The van der Waals surface area contributed by atoms with Gasteiger partial charge < -0.3 is 15.0 Å². The van der Waals surface area contributed by atoms with Crippen molar-refractivity contribution >= 4 is 22.5 Å². The molecule has 0 radical (unpaired) electrons. The summed E-state index contributed by atoms with van der Waals surface area (Å²) in [6.45, 7) is 0.865. The lowest BCUT2D eigenvalue weighted by molar-refractivity contribution is -0.144. The van der Waals surface area contributed by atoms with E-state index in [1.54, 1.807) is 11.1 Å². The lowest BCUT2D eigenvalue weighted by Gasteiger charge is -2.20. The number of amides is 1. The zero-order valence-corrected chi connectivity index (χ0v) is 18.2. The number of anilines is 1. The summed E-state index contributed by atoms with van der Waals surface area (Å²) in [4.78, 5) is 17.0. The van der Waals surface area contributed by atoms with E-state index in [1.807, 2.05) is 18.2 Å². The van der Waals surface area contributed by atoms with E-state index in [0.29, 0.717) is 55.3 Å². The fourth-order valence-electron chi connectivity index (χ4n) is 5.63. The summed E-state index contributed by atoms with van der Waals surface area (Å²) in [5.74, 6) is 1.40. The summed E-state index contributed by atoms with van der Waals surface area (Å²) in [5.41, 5.74) is 1.56. The van der Waals surface area contributed by atoms with Gasteiger partial charge in [0, 0.05) is 30.2 Å². The van der Waals surface area contributed by atoms with Crippen LogP contribution in [0.2, 0.25) is 0 Å². The van der Waals surface area contributed by atoms with E-state index >= 15 is 0 Å². The number of fused-ring (bicyclic) bond motifs is 2. The van der Waals surface area contributed by atoms with Gasteiger partial charge in [0.25, 0.3) is 0 Å². The molecule has 3 aliphatic rings. The topological polar surface area (TPSA) is 81.2 Å². The van der Waals surface area contributed by atoms with Crippen LogP contribution >= 0.6 is 0 Å². The van der Waals surface area contributed by atoms with Crippen LogP contribution in [0.4, 0.5) is 18.9 Å². The van der Waals surface area contributed by atoms with E-state index in [1.165, 1.54) is 0 Å². The second-order valence-electron chi connectivity index (χ2n) is 9.78. The maximum absolute atomic E-state index is 12.6. The highest BCUT2D eigenvalue weighted by molar-refractivity contribution is 6.03. The van der Waals surface area contributed by atoms with Gasteiger partial charge in [-0.1, -0.05) is 0 Å². The van der Waals surface area contributed by atoms with E-state index in [-0.39, 0.29) is 17.7 Å². The molecule has 1 amide bonds. The van der Waals surface area contributed by atoms with E-state index in [0.717, 1.165) is 30.2 Å². The second-order valence-corrected chi connectivity index (χ2v) is 9.78. The van der Waals surface area contributed by atoms with E-state index in [2.05, 4.69) is 16.4 Å². The molecule has 2 aromatic rings. The number of nitrogens with one attached hydrogen (secondary N) is 2. The zero-order valence-electron chi connectivity index (χ0n) is 18.2. The maximum Gasteiger partial charge on any atom is 0.401 e. The molecule has 0 unspecified atom stereocenters. The van der Waals surface area contributed by atoms with Gasteiger partial charge in [-0.15, -0.1) is 0 Å². The standard InChI is InChI=1S/C24H27F3N4O2/c25-24(26,27)13-31-11-16-5-14(6-17(16)12-31)3-4-33-18-1-2-21-20(8-18)22(10-29-21)30-23(32)19-7-15(19)9-28/h1-2,8,10,14-17,19,29H,3-7,11-13H2,(H,30,32)/t14-,15-,16-,17+,19+/m1/s1. The summed E-state index contributed by atoms with van der Waals surface area (Å²) in [7, 11) is 0. The number of aromatic nitrogens is 1. The molecule has 5 atom stereocenters. The van der Waals surface area contributed by atoms with E-state index < -0.39 is 12.7 Å². The molecule has 0 spiro atoms. The average molecular weight is 461 g/mol. The van der Waals surface area contributed by atoms with Crippen molar-refractivity contribution in [3.05, 3.63) is 24.4 Å². The molecule has 1 aliphatic heterocycles. The number of halogens is 3. The van der Waals surface area contributed by atoms with Crippen LogP contribution in [0.5, 0.6) is 5.75 Å². The quantitative estimate of drug-likeness (QED) is 0.635. The highest BCUT2D eigenvalue weighted by Gasteiger charge is 2.44. The van der Waals surface area contributed by atoms with Crippen molar-refractivity contribution in [2.75, 3.05) is 31.6 Å². The van der Waals surface area contributed by atoms with Crippen molar-refractivity contribution in [2.24, 2.45) is 29.6 Å². The van der Waals surface area contributed by atoms with Gasteiger partial charge >= 0.3 is 6.18 Å². The second kappa shape index (κ2) is 8.56.